The molecule has 0 aromatic heterocycles. The molecule has 6 aliphatic carbocycles. The Labute approximate surface area is 171 Å². The zero-order valence-electron chi connectivity index (χ0n) is 19.6. The summed E-state index contributed by atoms with van der Waals surface area (Å²) in [4.78, 5) is 0. The molecular weight excluding hydrogens is 323 g/mol. The summed E-state index contributed by atoms with van der Waals surface area (Å²) in [7, 11) is 2.98. The lowest BCUT2D eigenvalue weighted by Crippen LogP contribution is -2.58. The Kier molecular flexibility index (Phi) is 5.12. The lowest BCUT2D eigenvalue weighted by atomic mass is 9.30. The fraction of sp³-hybridized carbons (Fsp3) is 1.00. The molecule has 0 unspecified atom stereocenters. The van der Waals surface area contributed by atoms with Crippen LogP contribution in [0.25, 0.3) is 0 Å². The monoisotopic (exact) mass is 369 g/mol. The summed E-state index contributed by atoms with van der Waals surface area (Å²) in [5.41, 5.74) is 1.25. The van der Waals surface area contributed by atoms with E-state index in [0.29, 0.717) is 10.8 Å². The van der Waals surface area contributed by atoms with Gasteiger partial charge in [-0.1, -0.05) is 79.9 Å². The first kappa shape index (κ1) is 20.3. The predicted molar refractivity (Wildman–Crippen MR) is 119 cm³/mol. The molecule has 6 rings (SSSR count). The highest BCUT2D eigenvalue weighted by Gasteiger charge is 2.60. The predicted octanol–water partition coefficient (Wildman–Crippen LogP) is 7.72. The van der Waals surface area contributed by atoms with E-state index in [9.17, 15) is 0 Å². The van der Waals surface area contributed by atoms with Gasteiger partial charge in [0.05, 0.1) is 0 Å². The van der Waals surface area contributed by atoms with Crippen LogP contribution in [0, 0.1) is 58.2 Å². The third kappa shape index (κ3) is 3.26. The second-order valence-corrected chi connectivity index (χ2v) is 13.3. The van der Waals surface area contributed by atoms with E-state index in [0.717, 1.165) is 59.0 Å². The van der Waals surface area contributed by atoms with E-state index in [1.807, 2.05) is 0 Å². The van der Waals surface area contributed by atoms with E-state index in [-0.39, 0.29) is 0 Å². The second kappa shape index (κ2) is 6.80. The summed E-state index contributed by atoms with van der Waals surface area (Å²) in [6, 6.07) is 0. The SMILES string of the molecule is CC(C)C[C@H]1[C@H]([B][C@@H]2C[C@@H]3C[C@H]([C@H]2CC(C)C)C3(C)C)C[C@@H]2C[C@H]1C2(C)C. The summed E-state index contributed by atoms with van der Waals surface area (Å²) in [5, 5.41) is 0. The van der Waals surface area contributed by atoms with Gasteiger partial charge in [-0.3, -0.25) is 0 Å². The van der Waals surface area contributed by atoms with E-state index >= 15 is 0 Å². The summed E-state index contributed by atoms with van der Waals surface area (Å²) in [6.45, 7) is 20.1. The minimum absolute atomic E-state index is 0.623. The van der Waals surface area contributed by atoms with Crippen LogP contribution in [0.2, 0.25) is 11.6 Å². The van der Waals surface area contributed by atoms with Crippen LogP contribution in [0.15, 0.2) is 0 Å². The van der Waals surface area contributed by atoms with Gasteiger partial charge in [-0.2, -0.15) is 0 Å². The number of hydrogen-bond acceptors (Lipinski definition) is 0. The molecule has 0 amide bonds. The highest BCUT2D eigenvalue weighted by molar-refractivity contribution is 6.40. The summed E-state index contributed by atoms with van der Waals surface area (Å²) >= 11 is 0. The third-order valence-electron chi connectivity index (χ3n) is 10.3. The Morgan fingerprint density at radius 1 is 0.667 bits per heavy atom. The van der Waals surface area contributed by atoms with E-state index < -0.39 is 0 Å². The molecule has 27 heavy (non-hydrogen) atoms. The molecule has 1 radical (unpaired) electrons. The van der Waals surface area contributed by atoms with E-state index in [1.54, 1.807) is 0 Å². The van der Waals surface area contributed by atoms with Crippen molar-refractivity contribution in [2.24, 2.45) is 58.2 Å². The maximum Gasteiger partial charge on any atom is 0.118 e. The zero-order valence-corrected chi connectivity index (χ0v) is 19.6. The van der Waals surface area contributed by atoms with Crippen LogP contribution in [0.4, 0.5) is 0 Å². The molecule has 0 saturated heterocycles. The van der Waals surface area contributed by atoms with Crippen molar-refractivity contribution < 1.29 is 0 Å². The molecular formula is C26H46B. The van der Waals surface area contributed by atoms with Crippen LogP contribution in [-0.2, 0) is 0 Å². The Balaban J connectivity index is 1.50. The molecule has 153 valence electrons. The Bertz CT molecular complexity index is 496. The van der Waals surface area contributed by atoms with Crippen molar-refractivity contribution in [2.45, 2.75) is 106 Å². The average Bonchev–Trinajstić information content (AvgIpc) is 2.55. The smallest absolute Gasteiger partial charge is 0.0652 e. The molecule has 6 fully saturated rings. The lowest BCUT2D eigenvalue weighted by Gasteiger charge is -2.66. The number of fused-ring (bicyclic) bond motifs is 4. The van der Waals surface area contributed by atoms with Crippen molar-refractivity contribution in [3.63, 3.8) is 0 Å². The number of hydrogen-bond donors (Lipinski definition) is 0. The van der Waals surface area contributed by atoms with Gasteiger partial charge in [-0.25, -0.2) is 0 Å². The topological polar surface area (TPSA) is 0 Å². The van der Waals surface area contributed by atoms with E-state index in [1.165, 1.54) is 38.5 Å². The van der Waals surface area contributed by atoms with Gasteiger partial charge in [0.1, 0.15) is 7.28 Å². The highest BCUT2D eigenvalue weighted by Crippen LogP contribution is 2.69. The second-order valence-electron chi connectivity index (χ2n) is 13.3. The Morgan fingerprint density at radius 3 is 1.33 bits per heavy atom. The standard InChI is InChI=1S/C26H46B/c1-15(2)9-19-21-11-17(25(21,5)6)13-23(19)27-24-14-18-12-22(26(18,7)8)20(24)10-16(3)4/h15-24H,9-14H2,1-8H3/t17-,18-,19+,20+,21+,22+,23+,24+/m0/s1. The maximum absolute atomic E-state index is 2.98. The van der Waals surface area contributed by atoms with Crippen LogP contribution < -0.4 is 0 Å². The van der Waals surface area contributed by atoms with Crippen LogP contribution in [0.5, 0.6) is 0 Å². The fourth-order valence-corrected chi connectivity index (χ4v) is 8.50. The van der Waals surface area contributed by atoms with E-state index in [2.05, 4.69) is 62.7 Å². The quantitative estimate of drug-likeness (QED) is 0.420. The summed E-state index contributed by atoms with van der Waals surface area (Å²) in [6.07, 6.45) is 9.00. The number of rotatable bonds is 6. The fourth-order valence-electron chi connectivity index (χ4n) is 8.50. The van der Waals surface area contributed by atoms with Gasteiger partial charge >= 0.3 is 0 Å². The summed E-state index contributed by atoms with van der Waals surface area (Å²) < 4.78 is 0. The molecule has 1 heteroatoms. The lowest BCUT2D eigenvalue weighted by molar-refractivity contribution is -0.116. The van der Waals surface area contributed by atoms with Crippen LogP contribution in [-0.4, -0.2) is 7.28 Å². The first-order valence-electron chi connectivity index (χ1n) is 12.4. The van der Waals surface area contributed by atoms with Crippen LogP contribution >= 0.6 is 0 Å². The van der Waals surface area contributed by atoms with Crippen molar-refractivity contribution in [3.8, 4) is 0 Å². The van der Waals surface area contributed by atoms with Gasteiger partial charge in [0.15, 0.2) is 0 Å². The first-order valence-corrected chi connectivity index (χ1v) is 12.4. The molecule has 0 N–H and O–H groups in total. The first-order chi connectivity index (χ1) is 12.5. The average molecular weight is 369 g/mol. The molecule has 6 saturated carbocycles. The van der Waals surface area contributed by atoms with Crippen molar-refractivity contribution in [2.75, 3.05) is 0 Å². The van der Waals surface area contributed by atoms with Gasteiger partial charge < -0.3 is 0 Å². The van der Waals surface area contributed by atoms with Gasteiger partial charge in [0, 0.05) is 0 Å². The van der Waals surface area contributed by atoms with Gasteiger partial charge in [-0.15, -0.1) is 0 Å². The van der Waals surface area contributed by atoms with Crippen molar-refractivity contribution >= 4 is 7.28 Å². The third-order valence-corrected chi connectivity index (χ3v) is 10.3. The van der Waals surface area contributed by atoms with Gasteiger partial charge in [0.25, 0.3) is 0 Å². The zero-order chi connectivity index (χ0) is 19.7. The Hall–Kier alpha value is 0.0649. The van der Waals surface area contributed by atoms with Crippen LogP contribution in [0.3, 0.4) is 0 Å². The summed E-state index contributed by atoms with van der Waals surface area (Å²) in [5.74, 6) is 9.49. The Morgan fingerprint density at radius 2 is 1.04 bits per heavy atom. The largest absolute Gasteiger partial charge is 0.118 e. The minimum Gasteiger partial charge on any atom is -0.0652 e. The van der Waals surface area contributed by atoms with Gasteiger partial charge in [0.2, 0.25) is 0 Å². The minimum atomic E-state index is 0.623. The molecule has 0 aliphatic heterocycles. The van der Waals surface area contributed by atoms with Crippen molar-refractivity contribution in [1.29, 1.82) is 0 Å². The maximum atomic E-state index is 2.98. The van der Waals surface area contributed by atoms with Crippen LogP contribution in [0.1, 0.15) is 93.9 Å². The highest BCUT2D eigenvalue weighted by atomic mass is 14.6. The van der Waals surface area contributed by atoms with Gasteiger partial charge in [-0.05, 0) is 83.9 Å². The molecule has 0 aromatic carbocycles. The molecule has 0 spiro atoms. The van der Waals surface area contributed by atoms with Crippen molar-refractivity contribution in [1.82, 2.24) is 0 Å². The molecule has 6 aliphatic rings. The normalized spacial score (nSPS) is 46.7. The molecule has 0 heterocycles. The molecule has 8 atom stereocenters. The molecule has 0 aromatic rings. The molecule has 0 nitrogen and oxygen atoms in total. The van der Waals surface area contributed by atoms with Crippen molar-refractivity contribution in [3.05, 3.63) is 0 Å². The molecule has 4 bridgehead atoms. The van der Waals surface area contributed by atoms with E-state index in [4.69, 9.17) is 0 Å².